The molecule has 1 aliphatic heterocycles. The normalized spacial score (nSPS) is 14.4. The predicted octanol–water partition coefficient (Wildman–Crippen LogP) is 3.19. The summed E-state index contributed by atoms with van der Waals surface area (Å²) in [7, 11) is 2.12. The molecule has 0 saturated carbocycles. The highest BCUT2D eigenvalue weighted by molar-refractivity contribution is 6.31. The van der Waals surface area contributed by atoms with Gasteiger partial charge in [-0.05, 0) is 30.3 Å². The molecule has 2 aromatic rings. The lowest BCUT2D eigenvalue weighted by molar-refractivity contribution is 0.725. The lowest BCUT2D eigenvalue weighted by Gasteiger charge is -2.37. The van der Waals surface area contributed by atoms with Crippen molar-refractivity contribution in [3.05, 3.63) is 53.3 Å². The van der Waals surface area contributed by atoms with Gasteiger partial charge in [0.1, 0.15) is 0 Å². The zero-order valence-corrected chi connectivity index (χ0v) is 11.6. The molecule has 0 atom stereocenters. The number of fused-ring (bicyclic) bond motifs is 1. The van der Waals surface area contributed by atoms with E-state index in [-0.39, 0.29) is 0 Å². The van der Waals surface area contributed by atoms with Crippen LogP contribution in [0.4, 0.5) is 11.4 Å². The molecule has 0 fully saturated rings. The number of rotatable bonds is 2. The van der Waals surface area contributed by atoms with E-state index in [4.69, 9.17) is 11.6 Å². The minimum absolute atomic E-state index is 0.778. The van der Waals surface area contributed by atoms with E-state index in [1.807, 2.05) is 30.5 Å². The first-order valence-corrected chi connectivity index (χ1v) is 6.77. The van der Waals surface area contributed by atoms with Gasteiger partial charge in [-0.3, -0.25) is 4.98 Å². The molecule has 0 N–H and O–H groups in total. The summed E-state index contributed by atoms with van der Waals surface area (Å²) in [6.07, 6.45) is 1.84. The highest BCUT2D eigenvalue weighted by Gasteiger charge is 2.20. The maximum Gasteiger partial charge on any atom is 0.0623 e. The molecule has 0 saturated heterocycles. The molecule has 0 spiro atoms. The van der Waals surface area contributed by atoms with Crippen molar-refractivity contribution in [1.29, 1.82) is 0 Å². The van der Waals surface area contributed by atoms with Crippen molar-refractivity contribution in [2.75, 3.05) is 29.9 Å². The maximum atomic E-state index is 6.13. The molecule has 1 aromatic heterocycles. The van der Waals surface area contributed by atoms with Crippen LogP contribution in [0.15, 0.2) is 42.6 Å². The van der Waals surface area contributed by atoms with Gasteiger partial charge in [0.05, 0.1) is 23.6 Å². The van der Waals surface area contributed by atoms with Gasteiger partial charge in [0.15, 0.2) is 0 Å². The number of hydrogen-bond acceptors (Lipinski definition) is 3. The van der Waals surface area contributed by atoms with Crippen molar-refractivity contribution < 1.29 is 0 Å². The molecule has 19 heavy (non-hydrogen) atoms. The van der Waals surface area contributed by atoms with E-state index in [9.17, 15) is 0 Å². The average molecular weight is 274 g/mol. The van der Waals surface area contributed by atoms with Gasteiger partial charge in [0.2, 0.25) is 0 Å². The molecule has 98 valence electrons. The van der Waals surface area contributed by atoms with Gasteiger partial charge in [-0.2, -0.15) is 0 Å². The summed E-state index contributed by atoms with van der Waals surface area (Å²) in [6, 6.07) is 12.1. The molecule has 0 amide bonds. The van der Waals surface area contributed by atoms with E-state index in [0.29, 0.717) is 0 Å². The van der Waals surface area contributed by atoms with Gasteiger partial charge in [-0.25, -0.2) is 0 Å². The first kappa shape index (κ1) is 12.3. The molecule has 3 rings (SSSR count). The van der Waals surface area contributed by atoms with E-state index in [2.05, 4.69) is 34.0 Å². The number of anilines is 2. The Kier molecular flexibility index (Phi) is 3.30. The molecular weight excluding hydrogens is 258 g/mol. The monoisotopic (exact) mass is 273 g/mol. The second kappa shape index (κ2) is 5.10. The van der Waals surface area contributed by atoms with Crippen LogP contribution in [0.1, 0.15) is 5.69 Å². The fourth-order valence-corrected chi connectivity index (χ4v) is 2.60. The summed E-state index contributed by atoms with van der Waals surface area (Å²) in [6.45, 7) is 2.82. The predicted molar refractivity (Wildman–Crippen MR) is 80.0 cm³/mol. The van der Waals surface area contributed by atoms with Gasteiger partial charge < -0.3 is 9.80 Å². The number of halogens is 1. The first-order valence-electron chi connectivity index (χ1n) is 6.39. The van der Waals surface area contributed by atoms with Crippen LogP contribution in [0.2, 0.25) is 5.02 Å². The third kappa shape index (κ3) is 2.51. The molecule has 1 aliphatic rings. The van der Waals surface area contributed by atoms with E-state index >= 15 is 0 Å². The Morgan fingerprint density at radius 2 is 2.05 bits per heavy atom. The van der Waals surface area contributed by atoms with Gasteiger partial charge in [-0.1, -0.05) is 17.7 Å². The topological polar surface area (TPSA) is 19.4 Å². The Balaban J connectivity index is 1.92. The van der Waals surface area contributed by atoms with Crippen molar-refractivity contribution in [3.8, 4) is 0 Å². The van der Waals surface area contributed by atoms with Crippen LogP contribution >= 0.6 is 11.6 Å². The first-order chi connectivity index (χ1) is 9.24. The van der Waals surface area contributed by atoms with E-state index < -0.39 is 0 Å². The lowest BCUT2D eigenvalue weighted by atomic mass is 10.1. The van der Waals surface area contributed by atoms with Gasteiger partial charge in [0.25, 0.3) is 0 Å². The van der Waals surface area contributed by atoms with Crippen LogP contribution in [0, 0.1) is 0 Å². The molecule has 0 bridgehead atoms. The molecule has 1 aromatic carbocycles. The van der Waals surface area contributed by atoms with Crippen LogP contribution < -0.4 is 9.80 Å². The summed E-state index contributed by atoms with van der Waals surface area (Å²) < 4.78 is 0. The summed E-state index contributed by atoms with van der Waals surface area (Å²) in [5, 5.41) is 0.778. The highest BCUT2D eigenvalue weighted by Crippen LogP contribution is 2.35. The van der Waals surface area contributed by atoms with Crippen LogP contribution in [-0.4, -0.2) is 25.1 Å². The van der Waals surface area contributed by atoms with Crippen LogP contribution in [0.5, 0.6) is 0 Å². The van der Waals surface area contributed by atoms with E-state index in [1.165, 1.54) is 11.4 Å². The second-order valence-corrected chi connectivity index (χ2v) is 5.23. The average Bonchev–Trinajstić information content (AvgIpc) is 2.43. The zero-order chi connectivity index (χ0) is 13.2. The Hall–Kier alpha value is -1.74. The number of benzene rings is 1. The number of pyridine rings is 1. The molecule has 2 heterocycles. The summed E-state index contributed by atoms with van der Waals surface area (Å²) in [5.41, 5.74) is 3.50. The number of nitrogens with zero attached hydrogens (tertiary/aromatic N) is 3. The number of aromatic nitrogens is 1. The minimum Gasteiger partial charge on any atom is -0.371 e. The fourth-order valence-electron chi connectivity index (χ4n) is 2.44. The Morgan fingerprint density at radius 3 is 2.84 bits per heavy atom. The third-order valence-electron chi connectivity index (χ3n) is 3.47. The lowest BCUT2D eigenvalue weighted by Crippen LogP contribution is -2.38. The molecule has 3 nitrogen and oxygen atoms in total. The van der Waals surface area contributed by atoms with Crippen molar-refractivity contribution >= 4 is 23.0 Å². The van der Waals surface area contributed by atoms with Crippen LogP contribution in [0.3, 0.4) is 0 Å². The SMILES string of the molecule is CN1CCN(Cc2ccccn2)c2cc(Cl)ccc21. The molecule has 0 radical (unpaired) electrons. The summed E-state index contributed by atoms with van der Waals surface area (Å²) in [4.78, 5) is 9.00. The highest BCUT2D eigenvalue weighted by atomic mass is 35.5. The maximum absolute atomic E-state index is 6.13. The van der Waals surface area contributed by atoms with Crippen LogP contribution in [0.25, 0.3) is 0 Å². The van der Waals surface area contributed by atoms with Gasteiger partial charge in [0, 0.05) is 31.4 Å². The van der Waals surface area contributed by atoms with Crippen molar-refractivity contribution in [1.82, 2.24) is 4.98 Å². The molecular formula is C15H16ClN3. The summed E-state index contributed by atoms with van der Waals surface area (Å²) in [5.74, 6) is 0. The molecule has 0 aliphatic carbocycles. The Morgan fingerprint density at radius 1 is 1.16 bits per heavy atom. The molecule has 0 unspecified atom stereocenters. The second-order valence-electron chi connectivity index (χ2n) is 4.80. The van der Waals surface area contributed by atoms with E-state index in [0.717, 1.165) is 30.4 Å². The molecule has 4 heteroatoms. The zero-order valence-electron chi connectivity index (χ0n) is 10.9. The van der Waals surface area contributed by atoms with E-state index in [1.54, 1.807) is 0 Å². The Labute approximate surface area is 118 Å². The minimum atomic E-state index is 0.778. The Bertz CT molecular complexity index is 571. The number of likely N-dealkylation sites (N-methyl/N-ethyl adjacent to an activating group) is 1. The van der Waals surface area contributed by atoms with Crippen molar-refractivity contribution in [2.24, 2.45) is 0 Å². The summed E-state index contributed by atoms with van der Waals surface area (Å²) >= 11 is 6.13. The van der Waals surface area contributed by atoms with Crippen molar-refractivity contribution in [2.45, 2.75) is 6.54 Å². The largest absolute Gasteiger partial charge is 0.371 e. The fraction of sp³-hybridized carbons (Fsp3) is 0.267. The van der Waals surface area contributed by atoms with Crippen molar-refractivity contribution in [3.63, 3.8) is 0 Å². The quantitative estimate of drug-likeness (QED) is 0.838. The van der Waals surface area contributed by atoms with Crippen LogP contribution in [-0.2, 0) is 6.54 Å². The van der Waals surface area contributed by atoms with Gasteiger partial charge in [-0.15, -0.1) is 0 Å². The number of hydrogen-bond donors (Lipinski definition) is 0. The standard InChI is InChI=1S/C15H16ClN3/c1-18-8-9-19(11-13-4-2-3-7-17-13)15-10-12(16)5-6-14(15)18/h2-7,10H,8-9,11H2,1H3. The third-order valence-corrected chi connectivity index (χ3v) is 3.71. The smallest absolute Gasteiger partial charge is 0.0623 e. The van der Waals surface area contributed by atoms with Gasteiger partial charge >= 0.3 is 0 Å².